The maximum atomic E-state index is 5.90. The van der Waals surface area contributed by atoms with Gasteiger partial charge in [-0.05, 0) is 30.3 Å². The second-order valence-corrected chi connectivity index (χ2v) is 6.41. The Bertz CT molecular complexity index is 857. The molecule has 26 heavy (non-hydrogen) atoms. The Morgan fingerprint density at radius 1 is 1.12 bits per heavy atom. The van der Waals surface area contributed by atoms with Crippen molar-refractivity contribution in [2.24, 2.45) is 12.0 Å². The first-order valence-corrected chi connectivity index (χ1v) is 8.71. The van der Waals surface area contributed by atoms with Crippen molar-refractivity contribution in [3.63, 3.8) is 0 Å². The van der Waals surface area contributed by atoms with Crippen molar-refractivity contribution in [1.82, 2.24) is 20.4 Å². The number of halogens is 2. The Kier molecular flexibility index (Phi) is 7.70. The summed E-state index contributed by atoms with van der Waals surface area (Å²) < 4.78 is 8.78. The quantitative estimate of drug-likeness (QED) is 0.298. The molecule has 1 aromatic carbocycles. The summed E-state index contributed by atoms with van der Waals surface area (Å²) in [6.45, 7) is 1.21. The zero-order chi connectivity index (χ0) is 17.6. The molecular formula is C18H21BrIN5O. The summed E-state index contributed by atoms with van der Waals surface area (Å²) in [5, 5.41) is 10.7. The van der Waals surface area contributed by atoms with Gasteiger partial charge in [-0.25, -0.2) is 0 Å². The summed E-state index contributed by atoms with van der Waals surface area (Å²) in [7, 11) is 3.66. The number of hydrogen-bond donors (Lipinski definition) is 2. The van der Waals surface area contributed by atoms with E-state index in [-0.39, 0.29) is 24.0 Å². The lowest BCUT2D eigenvalue weighted by Crippen LogP contribution is -2.36. The van der Waals surface area contributed by atoms with E-state index >= 15 is 0 Å². The molecule has 0 radical (unpaired) electrons. The topological polar surface area (TPSA) is 67.4 Å². The van der Waals surface area contributed by atoms with Crippen LogP contribution in [-0.2, 0) is 20.1 Å². The molecule has 0 amide bonds. The van der Waals surface area contributed by atoms with Crippen LogP contribution in [-0.4, -0.2) is 22.8 Å². The molecule has 2 heterocycles. The third-order valence-corrected chi connectivity index (χ3v) is 4.33. The van der Waals surface area contributed by atoms with E-state index in [1.165, 1.54) is 0 Å². The molecule has 0 bridgehead atoms. The zero-order valence-electron chi connectivity index (χ0n) is 14.6. The molecular weight excluding hydrogens is 509 g/mol. The lowest BCUT2D eigenvalue weighted by molar-refractivity contribution is 0.513. The minimum absolute atomic E-state index is 0. The molecule has 0 saturated carbocycles. The second-order valence-electron chi connectivity index (χ2n) is 5.50. The van der Waals surface area contributed by atoms with E-state index in [0.717, 1.165) is 27.3 Å². The number of aliphatic imine (C=N–C) groups is 1. The molecule has 138 valence electrons. The van der Waals surface area contributed by atoms with Gasteiger partial charge >= 0.3 is 0 Å². The van der Waals surface area contributed by atoms with Crippen LogP contribution in [0, 0.1) is 0 Å². The third kappa shape index (κ3) is 5.34. The third-order valence-electron chi connectivity index (χ3n) is 3.80. The molecule has 0 aliphatic carbocycles. The van der Waals surface area contributed by atoms with Crippen molar-refractivity contribution in [2.45, 2.75) is 13.1 Å². The van der Waals surface area contributed by atoms with Gasteiger partial charge in [0.2, 0.25) is 0 Å². The Morgan fingerprint density at radius 2 is 1.85 bits per heavy atom. The predicted molar refractivity (Wildman–Crippen MR) is 118 cm³/mol. The van der Waals surface area contributed by atoms with Gasteiger partial charge in [0.05, 0.1) is 18.8 Å². The molecule has 2 N–H and O–H groups in total. The van der Waals surface area contributed by atoms with Crippen LogP contribution in [0.15, 0.2) is 62.5 Å². The standard InChI is InChI=1S/C18H20BrN5O.HI/c1-20-18(21-11-15-9-10-23-24(15)2)22-12-16-7-8-17(25-16)13-3-5-14(19)6-4-13;/h3-10H,11-12H2,1-2H3,(H2,20,21,22);1H. The molecule has 0 spiro atoms. The van der Waals surface area contributed by atoms with Gasteiger partial charge in [0.1, 0.15) is 11.5 Å². The number of hydrogen-bond acceptors (Lipinski definition) is 3. The first kappa shape index (κ1) is 20.5. The lowest BCUT2D eigenvalue weighted by atomic mass is 10.2. The van der Waals surface area contributed by atoms with Crippen LogP contribution in [0.4, 0.5) is 0 Å². The average molecular weight is 530 g/mol. The Hall–Kier alpha value is -1.81. The second kappa shape index (κ2) is 9.77. The van der Waals surface area contributed by atoms with E-state index in [0.29, 0.717) is 19.0 Å². The van der Waals surface area contributed by atoms with Crippen molar-refractivity contribution >= 4 is 45.9 Å². The van der Waals surface area contributed by atoms with E-state index in [4.69, 9.17) is 4.42 Å². The van der Waals surface area contributed by atoms with Crippen molar-refractivity contribution in [3.05, 3.63) is 64.6 Å². The van der Waals surface area contributed by atoms with Gasteiger partial charge in [0.25, 0.3) is 0 Å². The number of benzene rings is 1. The van der Waals surface area contributed by atoms with Gasteiger partial charge < -0.3 is 15.1 Å². The number of rotatable bonds is 5. The predicted octanol–water partition coefficient (Wildman–Crippen LogP) is 3.93. The Balaban J connectivity index is 0.00000243. The molecule has 0 unspecified atom stereocenters. The molecule has 2 aromatic heterocycles. The molecule has 8 heteroatoms. The van der Waals surface area contributed by atoms with Crippen LogP contribution in [0.25, 0.3) is 11.3 Å². The number of nitrogens with one attached hydrogen (secondary N) is 2. The van der Waals surface area contributed by atoms with E-state index in [9.17, 15) is 0 Å². The van der Waals surface area contributed by atoms with Gasteiger partial charge in [-0.3, -0.25) is 9.67 Å². The smallest absolute Gasteiger partial charge is 0.191 e. The maximum absolute atomic E-state index is 5.90. The highest BCUT2D eigenvalue weighted by molar-refractivity contribution is 14.0. The van der Waals surface area contributed by atoms with Crippen LogP contribution in [0.5, 0.6) is 0 Å². The minimum atomic E-state index is 0. The summed E-state index contributed by atoms with van der Waals surface area (Å²) >= 11 is 3.44. The fourth-order valence-corrected chi connectivity index (χ4v) is 2.65. The van der Waals surface area contributed by atoms with Gasteiger partial charge in [0, 0.05) is 30.3 Å². The number of aromatic nitrogens is 2. The number of guanidine groups is 1. The minimum Gasteiger partial charge on any atom is -0.459 e. The fourth-order valence-electron chi connectivity index (χ4n) is 2.38. The Morgan fingerprint density at radius 3 is 2.50 bits per heavy atom. The van der Waals surface area contributed by atoms with Crippen molar-refractivity contribution in [1.29, 1.82) is 0 Å². The van der Waals surface area contributed by atoms with Gasteiger partial charge in [-0.15, -0.1) is 24.0 Å². The number of aryl methyl sites for hydroxylation is 1. The average Bonchev–Trinajstić information content (AvgIpc) is 3.25. The first-order valence-electron chi connectivity index (χ1n) is 7.92. The highest BCUT2D eigenvalue weighted by Gasteiger charge is 2.06. The summed E-state index contributed by atoms with van der Waals surface area (Å²) in [6.07, 6.45) is 1.78. The molecule has 0 fully saturated rings. The largest absolute Gasteiger partial charge is 0.459 e. The number of furan rings is 1. The normalized spacial score (nSPS) is 11.1. The van der Waals surface area contributed by atoms with Crippen LogP contribution in [0.1, 0.15) is 11.5 Å². The summed E-state index contributed by atoms with van der Waals surface area (Å²) in [6, 6.07) is 14.0. The summed E-state index contributed by atoms with van der Waals surface area (Å²) in [5.74, 6) is 2.41. The molecule has 0 atom stereocenters. The molecule has 0 aliphatic heterocycles. The van der Waals surface area contributed by atoms with Crippen molar-refractivity contribution in [3.8, 4) is 11.3 Å². The van der Waals surface area contributed by atoms with Crippen molar-refractivity contribution < 1.29 is 4.42 Å². The SMILES string of the molecule is CN=C(NCc1ccc(-c2ccc(Br)cc2)o1)NCc1ccnn1C.I. The van der Waals surface area contributed by atoms with Crippen LogP contribution >= 0.6 is 39.9 Å². The highest BCUT2D eigenvalue weighted by Crippen LogP contribution is 2.23. The molecule has 0 saturated heterocycles. The number of nitrogens with zero attached hydrogens (tertiary/aromatic N) is 3. The van der Waals surface area contributed by atoms with Crippen molar-refractivity contribution in [2.75, 3.05) is 7.05 Å². The van der Waals surface area contributed by atoms with E-state index in [2.05, 4.69) is 36.7 Å². The van der Waals surface area contributed by atoms with Gasteiger partial charge in [-0.2, -0.15) is 5.10 Å². The molecule has 6 nitrogen and oxygen atoms in total. The molecule has 3 aromatic rings. The van der Waals surface area contributed by atoms with Crippen LogP contribution < -0.4 is 10.6 Å². The lowest BCUT2D eigenvalue weighted by Gasteiger charge is -2.11. The zero-order valence-corrected chi connectivity index (χ0v) is 18.5. The molecule has 3 rings (SSSR count). The van der Waals surface area contributed by atoms with Gasteiger partial charge in [-0.1, -0.05) is 28.1 Å². The summed E-state index contributed by atoms with van der Waals surface area (Å²) in [4.78, 5) is 4.22. The van der Waals surface area contributed by atoms with E-state index in [1.54, 1.807) is 13.2 Å². The van der Waals surface area contributed by atoms with Crippen LogP contribution in [0.2, 0.25) is 0 Å². The monoisotopic (exact) mass is 529 g/mol. The van der Waals surface area contributed by atoms with Crippen LogP contribution in [0.3, 0.4) is 0 Å². The Labute approximate surface area is 178 Å². The fraction of sp³-hybridized carbons (Fsp3) is 0.222. The van der Waals surface area contributed by atoms with Gasteiger partial charge in [0.15, 0.2) is 5.96 Å². The maximum Gasteiger partial charge on any atom is 0.191 e. The van der Waals surface area contributed by atoms with E-state index < -0.39 is 0 Å². The first-order chi connectivity index (χ1) is 12.2. The summed E-state index contributed by atoms with van der Waals surface area (Å²) in [5.41, 5.74) is 2.13. The highest BCUT2D eigenvalue weighted by atomic mass is 127. The van der Waals surface area contributed by atoms with E-state index in [1.807, 2.05) is 54.2 Å². The molecule has 0 aliphatic rings.